The normalized spacial score (nSPS) is 21.7. The van der Waals surface area contributed by atoms with Gasteiger partial charge in [0, 0.05) is 30.6 Å². The topological polar surface area (TPSA) is 62.6 Å². The molecule has 1 saturated carbocycles. The lowest BCUT2D eigenvalue weighted by Crippen LogP contribution is -2.37. The lowest BCUT2D eigenvalue weighted by Gasteiger charge is -2.24. The molecule has 0 amide bonds. The molecule has 2 fully saturated rings. The Morgan fingerprint density at radius 2 is 2.05 bits per heavy atom. The van der Waals surface area contributed by atoms with Gasteiger partial charge in [-0.15, -0.1) is 0 Å². The summed E-state index contributed by atoms with van der Waals surface area (Å²) in [6, 6.07) is 3.91. The van der Waals surface area contributed by atoms with Gasteiger partial charge in [0.25, 0.3) is 10.0 Å². The summed E-state index contributed by atoms with van der Waals surface area (Å²) in [4.78, 5) is 0. The fourth-order valence-corrected chi connectivity index (χ4v) is 4.54. The van der Waals surface area contributed by atoms with Gasteiger partial charge in [0.2, 0.25) is 5.09 Å². The fourth-order valence-electron chi connectivity index (χ4n) is 2.04. The first-order valence-electron chi connectivity index (χ1n) is 6.56. The molecule has 1 aromatic rings. The van der Waals surface area contributed by atoms with Gasteiger partial charge in [-0.2, -0.15) is 16.1 Å². The van der Waals surface area contributed by atoms with Crippen LogP contribution >= 0.6 is 11.8 Å². The molecule has 1 N–H and O–H groups in total. The third-order valence-corrected chi connectivity index (χ3v) is 6.06. The Morgan fingerprint density at radius 1 is 1.32 bits per heavy atom. The van der Waals surface area contributed by atoms with Crippen LogP contribution in [0.3, 0.4) is 0 Å². The molecular formula is C12H18N2O3S2. The number of thioether (sulfide) groups is 1. The van der Waals surface area contributed by atoms with E-state index in [2.05, 4.69) is 5.32 Å². The van der Waals surface area contributed by atoms with Crippen LogP contribution in [0.1, 0.15) is 18.6 Å². The first-order valence-corrected chi connectivity index (χ1v) is 9.16. The van der Waals surface area contributed by atoms with E-state index in [9.17, 15) is 8.42 Å². The van der Waals surface area contributed by atoms with Crippen molar-refractivity contribution in [2.24, 2.45) is 0 Å². The average Bonchev–Trinajstić information content (AvgIpc) is 3.13. The summed E-state index contributed by atoms with van der Waals surface area (Å²) in [7, 11) is -3.44. The number of hydrogen-bond donors (Lipinski definition) is 1. The minimum atomic E-state index is -3.44. The van der Waals surface area contributed by atoms with Crippen molar-refractivity contribution < 1.29 is 12.8 Å². The summed E-state index contributed by atoms with van der Waals surface area (Å²) in [6.07, 6.45) is 2.41. The zero-order valence-electron chi connectivity index (χ0n) is 10.7. The lowest BCUT2D eigenvalue weighted by molar-refractivity contribution is 0.373. The Bertz CT molecular complexity index is 531. The van der Waals surface area contributed by atoms with Crippen molar-refractivity contribution in [1.82, 2.24) is 9.62 Å². The Labute approximate surface area is 117 Å². The first kappa shape index (κ1) is 13.5. The average molecular weight is 302 g/mol. The van der Waals surface area contributed by atoms with E-state index in [1.807, 2.05) is 0 Å². The van der Waals surface area contributed by atoms with Crippen molar-refractivity contribution in [3.8, 4) is 0 Å². The maximum Gasteiger partial charge on any atom is 0.276 e. The molecule has 0 bridgehead atoms. The highest BCUT2D eigenvalue weighted by molar-refractivity contribution is 7.99. The Balaban J connectivity index is 1.69. The summed E-state index contributed by atoms with van der Waals surface area (Å²) in [5, 5.41) is 3.39. The quantitative estimate of drug-likeness (QED) is 0.887. The van der Waals surface area contributed by atoms with Crippen LogP contribution in [0.5, 0.6) is 0 Å². The highest BCUT2D eigenvalue weighted by atomic mass is 32.2. The molecule has 0 aromatic carbocycles. The third kappa shape index (κ3) is 3.16. The number of furan rings is 1. The number of hydrogen-bond acceptors (Lipinski definition) is 5. The predicted octanol–water partition coefficient (Wildman–Crippen LogP) is 1.27. The minimum Gasteiger partial charge on any atom is -0.447 e. The van der Waals surface area contributed by atoms with Crippen LogP contribution in [0.2, 0.25) is 0 Å². The molecule has 0 radical (unpaired) electrons. The second kappa shape index (κ2) is 5.47. The number of sulfonamides is 1. The zero-order chi connectivity index (χ0) is 13.3. The van der Waals surface area contributed by atoms with E-state index in [-0.39, 0.29) is 5.09 Å². The molecule has 5 nitrogen and oxygen atoms in total. The van der Waals surface area contributed by atoms with Crippen LogP contribution in [0.15, 0.2) is 21.6 Å². The monoisotopic (exact) mass is 302 g/mol. The van der Waals surface area contributed by atoms with Crippen molar-refractivity contribution in [3.05, 3.63) is 17.9 Å². The molecule has 0 spiro atoms. The minimum absolute atomic E-state index is 0.0759. The van der Waals surface area contributed by atoms with E-state index in [0.717, 1.165) is 11.5 Å². The Morgan fingerprint density at radius 3 is 2.74 bits per heavy atom. The van der Waals surface area contributed by atoms with Crippen LogP contribution in [0.4, 0.5) is 0 Å². The molecule has 2 aliphatic rings. The summed E-state index contributed by atoms with van der Waals surface area (Å²) in [6.45, 7) is 1.75. The standard InChI is InChI=1S/C12H18N2O3S2/c15-19(16,14-5-7-18-8-6-14)12-4-3-11(17-12)9-13-10-1-2-10/h3-4,10,13H,1-2,5-9H2. The van der Waals surface area contributed by atoms with Crippen LogP contribution in [-0.2, 0) is 16.6 Å². The summed E-state index contributed by atoms with van der Waals surface area (Å²) < 4.78 is 31.7. The predicted molar refractivity (Wildman–Crippen MR) is 74.7 cm³/mol. The number of nitrogens with one attached hydrogen (secondary N) is 1. The zero-order valence-corrected chi connectivity index (χ0v) is 12.3. The molecule has 1 aromatic heterocycles. The molecule has 1 aliphatic heterocycles. The van der Waals surface area contributed by atoms with Gasteiger partial charge in [0.05, 0.1) is 6.54 Å². The van der Waals surface area contributed by atoms with E-state index in [0.29, 0.717) is 31.4 Å². The fraction of sp³-hybridized carbons (Fsp3) is 0.667. The molecule has 7 heteroatoms. The molecule has 1 aliphatic carbocycles. The highest BCUT2D eigenvalue weighted by Crippen LogP contribution is 2.23. The van der Waals surface area contributed by atoms with E-state index < -0.39 is 10.0 Å². The van der Waals surface area contributed by atoms with Crippen molar-refractivity contribution in [1.29, 1.82) is 0 Å². The Kier molecular flexibility index (Phi) is 3.88. The second-order valence-electron chi connectivity index (χ2n) is 4.89. The molecule has 0 atom stereocenters. The summed E-state index contributed by atoms with van der Waals surface area (Å²) in [5.41, 5.74) is 0. The van der Waals surface area contributed by atoms with Crippen LogP contribution in [0.25, 0.3) is 0 Å². The molecule has 0 unspecified atom stereocenters. The summed E-state index contributed by atoms with van der Waals surface area (Å²) in [5.74, 6) is 2.41. The second-order valence-corrected chi connectivity index (χ2v) is 7.99. The molecule has 2 heterocycles. The molecule has 19 heavy (non-hydrogen) atoms. The highest BCUT2D eigenvalue weighted by Gasteiger charge is 2.29. The van der Waals surface area contributed by atoms with Gasteiger partial charge in [0.1, 0.15) is 5.76 Å². The van der Waals surface area contributed by atoms with Crippen LogP contribution < -0.4 is 5.32 Å². The van der Waals surface area contributed by atoms with Gasteiger partial charge in [-0.05, 0) is 25.0 Å². The maximum absolute atomic E-state index is 12.4. The molecular weight excluding hydrogens is 284 g/mol. The Hall–Kier alpha value is -0.500. The molecule has 1 saturated heterocycles. The largest absolute Gasteiger partial charge is 0.447 e. The van der Waals surface area contributed by atoms with E-state index >= 15 is 0 Å². The van der Waals surface area contributed by atoms with Crippen molar-refractivity contribution >= 4 is 21.8 Å². The smallest absolute Gasteiger partial charge is 0.276 e. The van der Waals surface area contributed by atoms with E-state index in [4.69, 9.17) is 4.42 Å². The molecule has 3 rings (SSSR count). The maximum atomic E-state index is 12.4. The van der Waals surface area contributed by atoms with Crippen molar-refractivity contribution in [3.63, 3.8) is 0 Å². The summed E-state index contributed by atoms with van der Waals surface area (Å²) >= 11 is 1.79. The van der Waals surface area contributed by atoms with Crippen molar-refractivity contribution in [2.75, 3.05) is 24.6 Å². The van der Waals surface area contributed by atoms with Gasteiger partial charge in [0.15, 0.2) is 0 Å². The number of nitrogens with zero attached hydrogens (tertiary/aromatic N) is 1. The van der Waals surface area contributed by atoms with Gasteiger partial charge in [-0.1, -0.05) is 0 Å². The molecule has 106 valence electrons. The van der Waals surface area contributed by atoms with Gasteiger partial charge < -0.3 is 9.73 Å². The van der Waals surface area contributed by atoms with Crippen LogP contribution in [-0.4, -0.2) is 43.4 Å². The SMILES string of the molecule is O=S(=O)(c1ccc(CNC2CC2)o1)N1CCSCC1. The lowest BCUT2D eigenvalue weighted by atomic mass is 10.4. The van der Waals surface area contributed by atoms with Gasteiger partial charge >= 0.3 is 0 Å². The van der Waals surface area contributed by atoms with Gasteiger partial charge in [-0.25, -0.2) is 8.42 Å². The van der Waals surface area contributed by atoms with E-state index in [1.54, 1.807) is 23.9 Å². The first-order chi connectivity index (χ1) is 9.16. The van der Waals surface area contributed by atoms with Gasteiger partial charge in [-0.3, -0.25) is 0 Å². The third-order valence-electron chi connectivity index (χ3n) is 3.34. The number of rotatable bonds is 5. The van der Waals surface area contributed by atoms with E-state index in [1.165, 1.54) is 17.1 Å². The van der Waals surface area contributed by atoms with Crippen LogP contribution in [0, 0.1) is 0 Å². The van der Waals surface area contributed by atoms with Crippen molar-refractivity contribution in [2.45, 2.75) is 30.5 Å².